The van der Waals surface area contributed by atoms with Crippen molar-refractivity contribution >= 4 is 28.3 Å². The number of ether oxygens (including phenoxy) is 4. The SMILES string of the molecule is C=CCO[C@@]12Oc3ccc(OCc4cccc(C)n4)cc3[C@H]3[C@H](CCCCO)[C@@H](CCCCO)C=C(C(=NOC)C[C@@H]1N(Cc1cccc4ccccc14)C(=O)Oc1ccc([N+](=O)[O-])cc1)[C@H]32. The maximum atomic E-state index is 15.2. The maximum absolute atomic E-state index is 15.2. The molecule has 0 saturated heterocycles. The van der Waals surface area contributed by atoms with E-state index in [1.54, 1.807) is 11.0 Å². The number of allylic oxidation sites excluding steroid dienone is 1. The van der Waals surface area contributed by atoms with Gasteiger partial charge in [0, 0.05) is 48.9 Å². The molecule has 67 heavy (non-hydrogen) atoms. The van der Waals surface area contributed by atoms with Crippen LogP contribution in [0.4, 0.5) is 10.5 Å². The largest absolute Gasteiger partial charge is 0.487 e. The zero-order valence-corrected chi connectivity index (χ0v) is 38.0. The van der Waals surface area contributed by atoms with Crippen LogP contribution in [0.5, 0.6) is 17.2 Å². The van der Waals surface area contributed by atoms with Crippen molar-refractivity contribution in [2.24, 2.45) is 22.9 Å². The summed E-state index contributed by atoms with van der Waals surface area (Å²) in [6, 6.07) is 30.1. The number of non-ortho nitro benzene ring substituents is 1. The zero-order valence-electron chi connectivity index (χ0n) is 38.0. The molecule has 0 bridgehead atoms. The summed E-state index contributed by atoms with van der Waals surface area (Å²) in [4.78, 5) is 38.2. The van der Waals surface area contributed by atoms with Crippen molar-refractivity contribution in [1.82, 2.24) is 9.88 Å². The predicted molar refractivity (Wildman–Crippen MR) is 254 cm³/mol. The number of aromatic nitrogens is 1. The number of oxime groups is 1. The number of carbonyl (C=O) groups is 1. The molecule has 1 aromatic heterocycles. The Morgan fingerprint density at radius 1 is 0.970 bits per heavy atom. The van der Waals surface area contributed by atoms with Gasteiger partial charge >= 0.3 is 6.09 Å². The average Bonchev–Trinajstić information content (AvgIpc) is 3.33. The van der Waals surface area contributed by atoms with Crippen LogP contribution >= 0.6 is 0 Å². The second kappa shape index (κ2) is 21.3. The summed E-state index contributed by atoms with van der Waals surface area (Å²) in [5.41, 5.74) is 4.81. The normalized spacial score (nSPS) is 22.2. The first kappa shape index (κ1) is 46.9. The fourth-order valence-corrected chi connectivity index (χ4v) is 10.4. The maximum Gasteiger partial charge on any atom is 0.416 e. The van der Waals surface area contributed by atoms with Gasteiger partial charge in [0.2, 0.25) is 5.79 Å². The topological polar surface area (TPSA) is 175 Å². The molecule has 8 rings (SSSR count). The smallest absolute Gasteiger partial charge is 0.416 e. The molecule has 1 aliphatic heterocycles. The van der Waals surface area contributed by atoms with Crippen LogP contribution in [0.3, 0.4) is 0 Å². The van der Waals surface area contributed by atoms with Crippen molar-refractivity contribution in [2.75, 3.05) is 26.9 Å². The van der Waals surface area contributed by atoms with Gasteiger partial charge < -0.3 is 34.0 Å². The summed E-state index contributed by atoms with van der Waals surface area (Å²) < 4.78 is 27.2. The number of carbonyl (C=O) groups excluding carboxylic acids is 1. The molecular formula is C53H58N4O10. The lowest BCUT2D eigenvalue weighted by Crippen LogP contribution is -2.70. The minimum atomic E-state index is -1.57. The summed E-state index contributed by atoms with van der Waals surface area (Å²) in [5.74, 6) is -1.09. The van der Waals surface area contributed by atoms with Gasteiger partial charge in [0.25, 0.3) is 5.69 Å². The number of hydrogen-bond donors (Lipinski definition) is 2. The number of aliphatic hydroxyl groups is 2. The molecule has 6 atom stereocenters. The molecule has 14 nitrogen and oxygen atoms in total. The van der Waals surface area contributed by atoms with Crippen LogP contribution in [0, 0.1) is 34.8 Å². The number of aryl methyl sites for hydroxylation is 1. The van der Waals surface area contributed by atoms with Gasteiger partial charge in [0.1, 0.15) is 37.0 Å². The Kier molecular flexibility index (Phi) is 14.9. The van der Waals surface area contributed by atoms with Gasteiger partial charge in [-0.2, -0.15) is 0 Å². The van der Waals surface area contributed by atoms with Crippen LogP contribution in [-0.2, 0) is 22.7 Å². The molecule has 0 spiro atoms. The molecule has 3 aliphatic rings. The molecule has 2 aliphatic carbocycles. The molecule has 350 valence electrons. The third-order valence-corrected chi connectivity index (χ3v) is 13.3. The summed E-state index contributed by atoms with van der Waals surface area (Å²) in [6.45, 7) is 6.51. The Hall–Kier alpha value is -6.61. The van der Waals surface area contributed by atoms with Crippen molar-refractivity contribution in [2.45, 2.75) is 82.8 Å². The Bertz CT molecular complexity index is 2610. The van der Waals surface area contributed by atoms with Crippen LogP contribution in [0.25, 0.3) is 10.8 Å². The highest BCUT2D eigenvalue weighted by molar-refractivity contribution is 6.03. The fraction of sp³-hybridized carbons (Fsp3) is 0.377. The number of amides is 1. The van der Waals surface area contributed by atoms with Crippen LogP contribution in [-0.4, -0.2) is 75.6 Å². The van der Waals surface area contributed by atoms with Crippen molar-refractivity contribution < 1.29 is 43.7 Å². The molecule has 1 fully saturated rings. The highest BCUT2D eigenvalue weighted by atomic mass is 16.7. The first-order chi connectivity index (χ1) is 32.7. The molecule has 2 heterocycles. The number of fused-ring (bicyclic) bond motifs is 3. The van der Waals surface area contributed by atoms with E-state index in [1.807, 2.05) is 85.8 Å². The molecule has 1 amide bonds. The van der Waals surface area contributed by atoms with Crippen LogP contribution in [0.15, 0.2) is 133 Å². The Balaban J connectivity index is 1.32. The van der Waals surface area contributed by atoms with E-state index in [9.17, 15) is 20.3 Å². The standard InChI is InChI=1S/C53H58N4O10/c1-4-29-65-53-49(56(33-38-17-12-16-36-14-5-6-19-43(36)38)52(60)66-41-23-21-40(22-24-41)57(61)62)32-47(55-63-3)45-30-37(15-7-9-27-58)44(20-8-10-28-59)50(51(45)53)46-31-42(25-26-48(46)67-53)64-34-39-18-11-13-35(2)54-39/h4-6,11-14,16-19,21-26,30-31,37,44,49-51,58-59H,1,7-10,15,20,27-29,32-34H2,2-3H3/t37-,44+,49-,50+,51+,53+/m0/s1. The van der Waals surface area contributed by atoms with Crippen LogP contribution < -0.4 is 14.2 Å². The summed E-state index contributed by atoms with van der Waals surface area (Å²) in [5, 5.41) is 38.2. The lowest BCUT2D eigenvalue weighted by molar-refractivity contribution is -0.384. The van der Waals surface area contributed by atoms with Crippen molar-refractivity contribution in [1.29, 1.82) is 0 Å². The first-order valence-electron chi connectivity index (χ1n) is 23.0. The van der Waals surface area contributed by atoms with E-state index in [0.717, 1.165) is 64.5 Å². The molecule has 5 aromatic rings. The lowest BCUT2D eigenvalue weighted by atomic mass is 9.55. The summed E-state index contributed by atoms with van der Waals surface area (Å²) >= 11 is 0. The van der Waals surface area contributed by atoms with E-state index in [-0.39, 0.29) is 68.6 Å². The third kappa shape index (κ3) is 10.1. The second-order valence-electron chi connectivity index (χ2n) is 17.4. The van der Waals surface area contributed by atoms with E-state index in [1.165, 1.54) is 31.4 Å². The number of rotatable bonds is 20. The molecule has 1 saturated carbocycles. The molecule has 0 radical (unpaired) electrons. The first-order valence-corrected chi connectivity index (χ1v) is 23.0. The van der Waals surface area contributed by atoms with Gasteiger partial charge in [0.05, 0.1) is 35.4 Å². The Labute approximate surface area is 390 Å². The number of benzene rings is 4. The lowest BCUT2D eigenvalue weighted by Gasteiger charge is -2.59. The number of hydrogen-bond acceptors (Lipinski definition) is 12. The van der Waals surface area contributed by atoms with Crippen molar-refractivity contribution in [3.63, 3.8) is 0 Å². The van der Waals surface area contributed by atoms with Gasteiger partial charge in [-0.15, -0.1) is 6.58 Å². The van der Waals surface area contributed by atoms with E-state index in [0.29, 0.717) is 30.1 Å². The monoisotopic (exact) mass is 910 g/mol. The number of aliphatic hydroxyl groups excluding tert-OH is 2. The van der Waals surface area contributed by atoms with E-state index >= 15 is 4.79 Å². The summed E-state index contributed by atoms with van der Waals surface area (Å²) in [6.07, 6.45) is 7.73. The summed E-state index contributed by atoms with van der Waals surface area (Å²) in [7, 11) is 1.51. The molecular weight excluding hydrogens is 853 g/mol. The quantitative estimate of drug-likeness (QED) is 0.0329. The number of nitro benzene ring substituents is 1. The zero-order chi connectivity index (χ0) is 46.9. The van der Waals surface area contributed by atoms with Crippen molar-refractivity contribution in [3.05, 3.63) is 160 Å². The highest BCUT2D eigenvalue weighted by Crippen LogP contribution is 2.62. The van der Waals surface area contributed by atoms with Gasteiger partial charge in [-0.1, -0.05) is 78.7 Å². The molecule has 4 aromatic carbocycles. The van der Waals surface area contributed by atoms with Gasteiger partial charge in [0.15, 0.2) is 0 Å². The Morgan fingerprint density at radius 2 is 1.72 bits per heavy atom. The highest BCUT2D eigenvalue weighted by Gasteiger charge is 2.65. The van der Waals surface area contributed by atoms with Crippen LogP contribution in [0.2, 0.25) is 0 Å². The third-order valence-electron chi connectivity index (χ3n) is 13.3. The van der Waals surface area contributed by atoms with Gasteiger partial charge in [-0.25, -0.2) is 4.79 Å². The number of nitro groups is 1. The molecule has 14 heteroatoms. The number of unbranched alkanes of at least 4 members (excludes halogenated alkanes) is 2. The minimum absolute atomic E-state index is 0.0110. The predicted octanol–water partition coefficient (Wildman–Crippen LogP) is 10.00. The second-order valence-corrected chi connectivity index (χ2v) is 17.4. The van der Waals surface area contributed by atoms with Crippen LogP contribution in [0.1, 0.15) is 73.4 Å². The fourth-order valence-electron chi connectivity index (χ4n) is 10.4. The van der Waals surface area contributed by atoms with E-state index in [4.69, 9.17) is 28.9 Å². The van der Waals surface area contributed by atoms with E-state index in [2.05, 4.69) is 17.6 Å². The minimum Gasteiger partial charge on any atom is -0.487 e. The van der Waals surface area contributed by atoms with Gasteiger partial charge in [-0.05, 0) is 109 Å². The average molecular weight is 911 g/mol. The van der Waals surface area contributed by atoms with Crippen molar-refractivity contribution in [3.8, 4) is 17.2 Å². The number of pyridine rings is 1. The van der Waals surface area contributed by atoms with Gasteiger partial charge in [-0.3, -0.25) is 20.0 Å². The van der Waals surface area contributed by atoms with E-state index < -0.39 is 28.8 Å². The Morgan fingerprint density at radius 3 is 2.46 bits per heavy atom. The number of nitrogens with zero attached hydrogens (tertiary/aromatic N) is 4. The molecule has 0 unspecified atom stereocenters. The molecule has 2 N–H and O–H groups in total.